The first-order valence-electron chi connectivity index (χ1n) is 12.1. The number of benzene rings is 2. The Balaban J connectivity index is 1.54. The molecule has 1 spiro atoms. The van der Waals surface area contributed by atoms with Crippen molar-refractivity contribution in [3.8, 4) is 0 Å². The molecule has 11 heteroatoms. The van der Waals surface area contributed by atoms with Gasteiger partial charge in [0.2, 0.25) is 5.91 Å². The topological polar surface area (TPSA) is 137 Å². The van der Waals surface area contributed by atoms with Gasteiger partial charge < -0.3 is 20.1 Å². The summed E-state index contributed by atoms with van der Waals surface area (Å²) in [4.78, 5) is 51.5. The number of nitrogens with zero attached hydrogens (tertiary/aromatic N) is 1. The van der Waals surface area contributed by atoms with E-state index in [0.29, 0.717) is 47.8 Å². The van der Waals surface area contributed by atoms with Crippen molar-refractivity contribution in [1.82, 2.24) is 10.2 Å². The Hall–Kier alpha value is -3.79. The summed E-state index contributed by atoms with van der Waals surface area (Å²) in [6.45, 7) is 4.53. The van der Waals surface area contributed by atoms with E-state index in [9.17, 15) is 19.2 Å². The van der Waals surface area contributed by atoms with Crippen LogP contribution in [-0.2, 0) is 15.1 Å². The number of hydrogen-bond donors (Lipinski definition) is 4. The van der Waals surface area contributed by atoms with Gasteiger partial charge in [0.25, 0.3) is 5.91 Å². The van der Waals surface area contributed by atoms with E-state index in [2.05, 4.69) is 16.0 Å². The van der Waals surface area contributed by atoms with Crippen molar-refractivity contribution in [2.45, 2.75) is 44.8 Å². The van der Waals surface area contributed by atoms with Gasteiger partial charge in [0, 0.05) is 28.4 Å². The molecule has 1 saturated heterocycles. The Bertz CT molecular complexity index is 1220. The summed E-state index contributed by atoms with van der Waals surface area (Å²) >= 11 is 6.24. The van der Waals surface area contributed by atoms with Crippen LogP contribution in [0.1, 0.15) is 49.0 Å². The number of likely N-dealkylation sites (tertiary alicyclic amines) is 1. The smallest absolute Gasteiger partial charge is 0.412 e. The second-order valence-corrected chi connectivity index (χ2v) is 10.2. The number of carbonyl (C=O) groups excluding carboxylic acids is 3. The summed E-state index contributed by atoms with van der Waals surface area (Å²) < 4.78 is 5.79. The molecule has 2 aromatic rings. The molecule has 0 aliphatic carbocycles. The van der Waals surface area contributed by atoms with Gasteiger partial charge in [0.1, 0.15) is 6.04 Å². The molecule has 4 N–H and O–H groups in total. The number of rotatable bonds is 6. The molecule has 2 aliphatic heterocycles. The summed E-state index contributed by atoms with van der Waals surface area (Å²) in [6.07, 6.45) is -0.238. The van der Waals surface area contributed by atoms with Crippen molar-refractivity contribution in [2.75, 3.05) is 23.7 Å². The summed E-state index contributed by atoms with van der Waals surface area (Å²) in [5.74, 6) is -0.590. The molecule has 2 aliphatic rings. The third kappa shape index (κ3) is 5.96. The molecule has 0 saturated carbocycles. The summed E-state index contributed by atoms with van der Waals surface area (Å²) in [5.41, 5.74) is 0.910. The number of hydrogen-bond acceptors (Lipinski definition) is 5. The quantitative estimate of drug-likeness (QED) is 0.430. The van der Waals surface area contributed by atoms with E-state index in [1.54, 1.807) is 23.1 Å². The van der Waals surface area contributed by atoms with Gasteiger partial charge in [-0.15, -0.1) is 0 Å². The van der Waals surface area contributed by atoms with Crippen LogP contribution in [0.4, 0.5) is 21.0 Å². The number of halogens is 1. The van der Waals surface area contributed by atoms with Crippen molar-refractivity contribution in [2.24, 2.45) is 5.92 Å². The predicted molar refractivity (Wildman–Crippen MR) is 138 cm³/mol. The lowest BCUT2D eigenvalue weighted by atomic mass is 9.83. The van der Waals surface area contributed by atoms with Crippen LogP contribution in [0.15, 0.2) is 42.5 Å². The van der Waals surface area contributed by atoms with Gasteiger partial charge in [-0.25, -0.2) is 9.59 Å². The number of piperidine rings is 1. The van der Waals surface area contributed by atoms with Crippen molar-refractivity contribution in [3.63, 3.8) is 0 Å². The molecular weight excluding hydrogens is 500 g/mol. The molecule has 196 valence electrons. The molecule has 0 aromatic heterocycles. The lowest BCUT2D eigenvalue weighted by molar-refractivity contribution is -0.141. The predicted octanol–water partition coefficient (Wildman–Crippen LogP) is 4.65. The molecule has 2 heterocycles. The van der Waals surface area contributed by atoms with Crippen LogP contribution >= 0.6 is 11.6 Å². The summed E-state index contributed by atoms with van der Waals surface area (Å²) in [7, 11) is 0. The fraction of sp³-hybridized carbons (Fsp3) is 0.385. The second-order valence-electron chi connectivity index (χ2n) is 9.73. The molecule has 0 unspecified atom stereocenters. The first kappa shape index (κ1) is 26.3. The van der Waals surface area contributed by atoms with Crippen LogP contribution < -0.4 is 16.0 Å². The Kier molecular flexibility index (Phi) is 7.58. The average Bonchev–Trinajstić information content (AvgIpc) is 2.83. The highest BCUT2D eigenvalue weighted by atomic mass is 35.5. The number of carbonyl (C=O) groups is 4. The van der Waals surface area contributed by atoms with E-state index in [1.807, 2.05) is 13.8 Å². The van der Waals surface area contributed by atoms with E-state index in [-0.39, 0.29) is 18.4 Å². The Labute approximate surface area is 219 Å². The minimum atomic E-state index is -1.21. The maximum absolute atomic E-state index is 13.7. The Morgan fingerprint density at radius 2 is 1.92 bits per heavy atom. The number of nitrogens with one attached hydrogen (secondary N) is 3. The van der Waals surface area contributed by atoms with E-state index >= 15 is 0 Å². The van der Waals surface area contributed by atoms with Crippen molar-refractivity contribution in [3.05, 3.63) is 58.6 Å². The number of fused-ring (bicyclic) bond motifs is 2. The maximum Gasteiger partial charge on any atom is 0.412 e. The van der Waals surface area contributed by atoms with E-state index in [4.69, 9.17) is 21.4 Å². The Morgan fingerprint density at radius 3 is 2.59 bits per heavy atom. The fourth-order valence-corrected chi connectivity index (χ4v) is 5.04. The summed E-state index contributed by atoms with van der Waals surface area (Å²) in [6, 6.07) is 10.3. The van der Waals surface area contributed by atoms with E-state index in [1.165, 1.54) is 24.3 Å². The largest absolute Gasteiger partial charge is 0.465 e. The zero-order valence-electron chi connectivity index (χ0n) is 20.5. The zero-order chi connectivity index (χ0) is 26.7. The van der Waals surface area contributed by atoms with Crippen molar-refractivity contribution >= 4 is 47.0 Å². The molecule has 10 nitrogen and oxygen atoms in total. The lowest BCUT2D eigenvalue weighted by Gasteiger charge is -2.45. The van der Waals surface area contributed by atoms with Crippen molar-refractivity contribution in [1.29, 1.82) is 0 Å². The SMILES string of the molecule is CC(C)C[C@H](NC(=O)c1ccc(NC(=O)O)cc1)C(=O)N1CCC[C@@]2(C1)OC(=O)Nc1ccc(Cl)cc12. The van der Waals surface area contributed by atoms with Crippen LogP contribution in [0, 0.1) is 5.92 Å². The van der Waals surface area contributed by atoms with Crippen LogP contribution in [0.25, 0.3) is 0 Å². The third-order valence-corrected chi connectivity index (χ3v) is 6.71. The van der Waals surface area contributed by atoms with Gasteiger partial charge in [-0.05, 0) is 67.6 Å². The highest BCUT2D eigenvalue weighted by Gasteiger charge is 2.47. The molecule has 37 heavy (non-hydrogen) atoms. The molecule has 2 aromatic carbocycles. The molecule has 4 amide bonds. The van der Waals surface area contributed by atoms with Gasteiger partial charge in [-0.3, -0.25) is 20.2 Å². The normalized spacial score (nSPS) is 19.5. The van der Waals surface area contributed by atoms with Crippen LogP contribution in [-0.4, -0.2) is 53.1 Å². The van der Waals surface area contributed by atoms with Crippen molar-refractivity contribution < 1.29 is 29.0 Å². The van der Waals surface area contributed by atoms with Crippen LogP contribution in [0.5, 0.6) is 0 Å². The third-order valence-electron chi connectivity index (χ3n) is 6.47. The number of carboxylic acid groups (broad SMARTS) is 1. The van der Waals surface area contributed by atoms with Gasteiger partial charge in [-0.2, -0.15) is 0 Å². The Morgan fingerprint density at radius 1 is 1.19 bits per heavy atom. The van der Waals surface area contributed by atoms with E-state index < -0.39 is 29.7 Å². The minimum absolute atomic E-state index is 0.117. The summed E-state index contributed by atoms with van der Waals surface area (Å²) in [5, 5.41) is 17.1. The average molecular weight is 529 g/mol. The zero-order valence-corrected chi connectivity index (χ0v) is 21.3. The molecule has 1 fully saturated rings. The highest BCUT2D eigenvalue weighted by Crippen LogP contribution is 2.43. The molecule has 2 atom stereocenters. The number of anilines is 2. The van der Waals surface area contributed by atoms with Gasteiger partial charge in [0.15, 0.2) is 5.60 Å². The molecule has 0 bridgehead atoms. The molecular formula is C26H29ClN4O6. The number of amides is 4. The standard InChI is InChI=1S/C26H29ClN4O6/c1-15(2)12-21(29-22(32)16-4-7-18(8-5-16)28-24(34)35)23(33)31-11-3-10-26(14-31)19-13-17(27)6-9-20(19)30-25(36)37-26/h4-9,13,15,21,28H,3,10-12,14H2,1-2H3,(H,29,32)(H,30,36)(H,34,35)/t21-,26-/m0/s1. The second kappa shape index (κ2) is 10.7. The first-order valence-corrected chi connectivity index (χ1v) is 12.4. The maximum atomic E-state index is 13.7. The highest BCUT2D eigenvalue weighted by molar-refractivity contribution is 6.30. The number of ether oxygens (including phenoxy) is 1. The van der Waals surface area contributed by atoms with E-state index in [0.717, 1.165) is 5.56 Å². The van der Waals surface area contributed by atoms with Gasteiger partial charge in [0.05, 0.1) is 12.2 Å². The molecule has 0 radical (unpaired) electrons. The lowest BCUT2D eigenvalue weighted by Crippen LogP contribution is -2.57. The van der Waals surface area contributed by atoms with Crippen LogP contribution in [0.2, 0.25) is 5.02 Å². The molecule has 4 rings (SSSR count). The van der Waals surface area contributed by atoms with Crippen LogP contribution in [0.3, 0.4) is 0 Å². The van der Waals surface area contributed by atoms with Gasteiger partial charge >= 0.3 is 12.2 Å². The monoisotopic (exact) mass is 528 g/mol. The van der Waals surface area contributed by atoms with Gasteiger partial charge in [-0.1, -0.05) is 25.4 Å². The first-order chi connectivity index (χ1) is 17.6. The minimum Gasteiger partial charge on any atom is -0.465 e. The fourth-order valence-electron chi connectivity index (χ4n) is 4.87.